The van der Waals surface area contributed by atoms with E-state index in [4.69, 9.17) is 0 Å². The van der Waals surface area contributed by atoms with Gasteiger partial charge >= 0.3 is 0 Å². The van der Waals surface area contributed by atoms with E-state index in [0.29, 0.717) is 0 Å². The Bertz CT molecular complexity index is 415. The molecule has 1 aliphatic rings. The Labute approximate surface area is 109 Å². The van der Waals surface area contributed by atoms with Gasteiger partial charge in [0, 0.05) is 24.3 Å². The van der Waals surface area contributed by atoms with Gasteiger partial charge in [-0.15, -0.1) is 0 Å². The van der Waals surface area contributed by atoms with Gasteiger partial charge in [-0.3, -0.25) is 0 Å². The molecule has 1 heterocycles. The van der Waals surface area contributed by atoms with Gasteiger partial charge in [0.15, 0.2) is 0 Å². The number of nitrogens with zero attached hydrogens (tertiary/aromatic N) is 1. The van der Waals surface area contributed by atoms with Gasteiger partial charge in [0.25, 0.3) is 0 Å². The second-order valence-corrected chi connectivity index (χ2v) is 5.62. The van der Waals surface area contributed by atoms with Crippen molar-refractivity contribution in [1.82, 2.24) is 5.32 Å². The van der Waals surface area contributed by atoms with Crippen LogP contribution in [0, 0.1) is 5.82 Å². The van der Waals surface area contributed by atoms with Crippen LogP contribution in [0.25, 0.3) is 0 Å². The van der Waals surface area contributed by atoms with E-state index in [2.05, 4.69) is 31.0 Å². The van der Waals surface area contributed by atoms with Crippen LogP contribution in [0.1, 0.15) is 39.2 Å². The Morgan fingerprint density at radius 3 is 2.78 bits per heavy atom. The first-order valence-electron chi connectivity index (χ1n) is 6.81. The first kappa shape index (κ1) is 13.3. The minimum absolute atomic E-state index is 0.149. The summed E-state index contributed by atoms with van der Waals surface area (Å²) in [5, 5.41) is 3.29. The van der Waals surface area contributed by atoms with Crippen LogP contribution >= 0.6 is 0 Å². The largest absolute Gasteiger partial charge is 0.366 e. The highest BCUT2D eigenvalue weighted by atomic mass is 19.1. The number of anilines is 1. The maximum atomic E-state index is 13.4. The van der Waals surface area contributed by atoms with E-state index in [1.165, 1.54) is 18.5 Å². The second kappa shape index (κ2) is 5.27. The van der Waals surface area contributed by atoms with E-state index in [9.17, 15) is 4.39 Å². The van der Waals surface area contributed by atoms with E-state index in [1.54, 1.807) is 12.1 Å². The average Bonchev–Trinajstić information content (AvgIpc) is 2.66. The summed E-state index contributed by atoms with van der Waals surface area (Å²) in [6.45, 7) is 9.30. The summed E-state index contributed by atoms with van der Waals surface area (Å²) < 4.78 is 13.4. The van der Waals surface area contributed by atoms with Crippen LogP contribution in [-0.4, -0.2) is 18.6 Å². The van der Waals surface area contributed by atoms with Crippen LogP contribution in [0.2, 0.25) is 0 Å². The number of halogens is 1. The zero-order chi connectivity index (χ0) is 13.2. The third kappa shape index (κ3) is 2.66. The van der Waals surface area contributed by atoms with Crippen molar-refractivity contribution in [3.63, 3.8) is 0 Å². The SMILES string of the molecule is CCNCc1cc(F)ccc1N1CCCC1(C)C. The molecule has 0 radical (unpaired) electrons. The predicted molar refractivity (Wildman–Crippen MR) is 74.4 cm³/mol. The van der Waals surface area contributed by atoms with E-state index >= 15 is 0 Å². The molecular weight excluding hydrogens is 227 g/mol. The molecule has 0 spiro atoms. The molecule has 1 aromatic carbocycles. The fraction of sp³-hybridized carbons (Fsp3) is 0.600. The van der Waals surface area contributed by atoms with Crippen LogP contribution in [0.3, 0.4) is 0 Å². The highest BCUT2D eigenvalue weighted by Crippen LogP contribution is 2.35. The van der Waals surface area contributed by atoms with Crippen LogP contribution in [0.5, 0.6) is 0 Å². The standard InChI is InChI=1S/C15H23FN2/c1-4-17-11-12-10-13(16)6-7-14(12)18-9-5-8-15(18,2)3/h6-7,10,17H,4-5,8-9,11H2,1-3H3. The fourth-order valence-corrected chi connectivity index (χ4v) is 2.77. The van der Waals surface area contributed by atoms with Crippen molar-refractivity contribution in [2.75, 3.05) is 18.0 Å². The number of hydrogen-bond acceptors (Lipinski definition) is 2. The normalized spacial score (nSPS) is 18.3. The molecule has 0 aliphatic carbocycles. The molecule has 1 aliphatic heterocycles. The Hall–Kier alpha value is -1.09. The zero-order valence-electron chi connectivity index (χ0n) is 11.6. The summed E-state index contributed by atoms with van der Waals surface area (Å²) in [5.74, 6) is -0.149. The lowest BCUT2D eigenvalue weighted by molar-refractivity contribution is 0.515. The minimum Gasteiger partial charge on any atom is -0.366 e. The quantitative estimate of drug-likeness (QED) is 0.882. The van der Waals surface area contributed by atoms with Crippen molar-refractivity contribution < 1.29 is 4.39 Å². The molecule has 1 saturated heterocycles. The maximum Gasteiger partial charge on any atom is 0.123 e. The topological polar surface area (TPSA) is 15.3 Å². The number of benzene rings is 1. The van der Waals surface area contributed by atoms with Gasteiger partial charge in [0.1, 0.15) is 5.82 Å². The summed E-state index contributed by atoms with van der Waals surface area (Å²) >= 11 is 0. The molecule has 1 aromatic rings. The third-order valence-electron chi connectivity index (χ3n) is 3.80. The van der Waals surface area contributed by atoms with Crippen molar-refractivity contribution in [3.8, 4) is 0 Å². The maximum absolute atomic E-state index is 13.4. The summed E-state index contributed by atoms with van der Waals surface area (Å²) in [5.41, 5.74) is 2.42. The van der Waals surface area contributed by atoms with Gasteiger partial charge in [-0.1, -0.05) is 6.92 Å². The average molecular weight is 250 g/mol. The highest BCUT2D eigenvalue weighted by molar-refractivity contribution is 5.56. The number of nitrogens with one attached hydrogen (secondary N) is 1. The summed E-state index contributed by atoms with van der Waals surface area (Å²) in [6, 6.07) is 5.15. The van der Waals surface area contributed by atoms with Crippen molar-refractivity contribution in [1.29, 1.82) is 0 Å². The van der Waals surface area contributed by atoms with Gasteiger partial charge in [-0.05, 0) is 57.0 Å². The summed E-state index contributed by atoms with van der Waals surface area (Å²) in [6.07, 6.45) is 2.41. The van der Waals surface area contributed by atoms with Crippen molar-refractivity contribution in [2.45, 2.75) is 45.7 Å². The van der Waals surface area contributed by atoms with Crippen molar-refractivity contribution in [3.05, 3.63) is 29.6 Å². The molecule has 0 aromatic heterocycles. The van der Waals surface area contributed by atoms with Crippen LogP contribution in [0.4, 0.5) is 10.1 Å². The Morgan fingerprint density at radius 1 is 1.39 bits per heavy atom. The fourth-order valence-electron chi connectivity index (χ4n) is 2.77. The molecule has 2 nitrogen and oxygen atoms in total. The molecule has 0 unspecified atom stereocenters. The minimum atomic E-state index is -0.149. The van der Waals surface area contributed by atoms with Gasteiger partial charge in [-0.2, -0.15) is 0 Å². The van der Waals surface area contributed by atoms with Crippen molar-refractivity contribution in [2.24, 2.45) is 0 Å². The van der Waals surface area contributed by atoms with Crippen LogP contribution in [0.15, 0.2) is 18.2 Å². The Balaban J connectivity index is 2.31. The molecule has 0 saturated carbocycles. The van der Waals surface area contributed by atoms with Gasteiger partial charge < -0.3 is 10.2 Å². The first-order valence-corrected chi connectivity index (χ1v) is 6.81. The number of hydrogen-bond donors (Lipinski definition) is 1. The summed E-state index contributed by atoms with van der Waals surface area (Å²) in [4.78, 5) is 2.42. The van der Waals surface area contributed by atoms with E-state index in [1.807, 2.05) is 6.07 Å². The predicted octanol–water partition coefficient (Wildman–Crippen LogP) is 3.31. The van der Waals surface area contributed by atoms with Gasteiger partial charge in [0.2, 0.25) is 0 Å². The molecule has 3 heteroatoms. The first-order chi connectivity index (χ1) is 8.54. The zero-order valence-corrected chi connectivity index (χ0v) is 11.6. The molecule has 1 N–H and O–H groups in total. The molecule has 0 bridgehead atoms. The molecule has 0 atom stereocenters. The Kier molecular flexibility index (Phi) is 3.91. The molecule has 18 heavy (non-hydrogen) atoms. The monoisotopic (exact) mass is 250 g/mol. The molecule has 100 valence electrons. The van der Waals surface area contributed by atoms with Crippen LogP contribution < -0.4 is 10.2 Å². The number of rotatable bonds is 4. The van der Waals surface area contributed by atoms with E-state index in [0.717, 1.165) is 25.2 Å². The lowest BCUT2D eigenvalue weighted by atomic mass is 10.0. The third-order valence-corrected chi connectivity index (χ3v) is 3.80. The molecule has 1 fully saturated rings. The molecule has 2 rings (SSSR count). The lowest BCUT2D eigenvalue weighted by Crippen LogP contribution is -2.39. The Morgan fingerprint density at radius 2 is 2.17 bits per heavy atom. The van der Waals surface area contributed by atoms with E-state index < -0.39 is 0 Å². The second-order valence-electron chi connectivity index (χ2n) is 5.62. The van der Waals surface area contributed by atoms with Crippen LogP contribution in [-0.2, 0) is 6.54 Å². The lowest BCUT2D eigenvalue weighted by Gasteiger charge is -2.35. The van der Waals surface area contributed by atoms with Gasteiger partial charge in [0.05, 0.1) is 0 Å². The summed E-state index contributed by atoms with van der Waals surface area (Å²) in [7, 11) is 0. The molecule has 0 amide bonds. The molecular formula is C15H23FN2. The smallest absolute Gasteiger partial charge is 0.123 e. The van der Waals surface area contributed by atoms with Crippen molar-refractivity contribution >= 4 is 5.69 Å². The van der Waals surface area contributed by atoms with E-state index in [-0.39, 0.29) is 11.4 Å². The van der Waals surface area contributed by atoms with Gasteiger partial charge in [-0.25, -0.2) is 4.39 Å². The highest BCUT2D eigenvalue weighted by Gasteiger charge is 2.32.